The molecule has 2 atom stereocenters. The molecule has 1 nitrogen and oxygen atoms in total. The monoisotopic (exact) mass is 267 g/mol. The normalized spacial score (nSPS) is 13.9. The van der Waals surface area contributed by atoms with Crippen LogP contribution in [0.5, 0.6) is 0 Å². The van der Waals surface area contributed by atoms with Crippen molar-refractivity contribution < 1.29 is 0 Å². The summed E-state index contributed by atoms with van der Waals surface area (Å²) in [5, 5.41) is 0. The van der Waals surface area contributed by atoms with Gasteiger partial charge in [-0.15, -0.1) is 0 Å². The lowest BCUT2D eigenvalue weighted by atomic mass is 9.86. The number of benzene rings is 2. The minimum absolute atomic E-state index is 0.467. The van der Waals surface area contributed by atoms with Crippen LogP contribution in [0, 0.1) is 12.8 Å². The Kier molecular flexibility index (Phi) is 5.37. The van der Waals surface area contributed by atoms with Crippen molar-refractivity contribution in [2.24, 2.45) is 11.7 Å². The molecular formula is C19H25N. The van der Waals surface area contributed by atoms with Crippen molar-refractivity contribution in [3.63, 3.8) is 0 Å². The molecule has 0 aromatic heterocycles. The minimum Gasteiger partial charge on any atom is -0.330 e. The van der Waals surface area contributed by atoms with E-state index in [2.05, 4.69) is 68.4 Å². The van der Waals surface area contributed by atoms with Crippen molar-refractivity contribution in [3.05, 3.63) is 71.3 Å². The number of hydrogen-bond acceptors (Lipinski definition) is 1. The number of aryl methyl sites for hydroxylation is 1. The third kappa shape index (κ3) is 4.21. The maximum Gasteiger partial charge on any atom is -0.000813 e. The molecule has 1 heteroatoms. The Morgan fingerprint density at radius 2 is 1.60 bits per heavy atom. The van der Waals surface area contributed by atoms with Crippen LogP contribution in [0.3, 0.4) is 0 Å². The highest BCUT2D eigenvalue weighted by Crippen LogP contribution is 2.25. The van der Waals surface area contributed by atoms with Crippen molar-refractivity contribution >= 4 is 0 Å². The Labute approximate surface area is 122 Å². The maximum atomic E-state index is 5.98. The SMILES string of the molecule is Cc1ccc(C(CN)CC(C)Cc2ccccc2)cc1. The molecule has 2 aromatic carbocycles. The summed E-state index contributed by atoms with van der Waals surface area (Å²) in [6.45, 7) is 5.17. The molecule has 2 N–H and O–H groups in total. The van der Waals surface area contributed by atoms with Gasteiger partial charge < -0.3 is 5.73 Å². The Balaban J connectivity index is 1.97. The lowest BCUT2D eigenvalue weighted by Gasteiger charge is -2.20. The van der Waals surface area contributed by atoms with Gasteiger partial charge in [0.2, 0.25) is 0 Å². The maximum absolute atomic E-state index is 5.98. The van der Waals surface area contributed by atoms with Gasteiger partial charge in [-0.3, -0.25) is 0 Å². The van der Waals surface area contributed by atoms with Gasteiger partial charge >= 0.3 is 0 Å². The third-order valence-corrected chi connectivity index (χ3v) is 3.95. The molecule has 0 saturated heterocycles. The number of rotatable bonds is 6. The molecule has 0 spiro atoms. The van der Waals surface area contributed by atoms with Crippen LogP contribution in [0.1, 0.15) is 36.0 Å². The molecule has 0 aliphatic carbocycles. The summed E-state index contributed by atoms with van der Waals surface area (Å²) < 4.78 is 0. The van der Waals surface area contributed by atoms with E-state index in [1.807, 2.05) is 0 Å². The average molecular weight is 267 g/mol. The van der Waals surface area contributed by atoms with Gasteiger partial charge in [-0.1, -0.05) is 67.1 Å². The van der Waals surface area contributed by atoms with Crippen molar-refractivity contribution in [1.29, 1.82) is 0 Å². The quantitative estimate of drug-likeness (QED) is 0.829. The molecule has 2 aromatic rings. The van der Waals surface area contributed by atoms with Gasteiger partial charge in [-0.25, -0.2) is 0 Å². The molecule has 0 amide bonds. The molecule has 0 aliphatic heterocycles. The summed E-state index contributed by atoms with van der Waals surface area (Å²) >= 11 is 0. The zero-order chi connectivity index (χ0) is 14.4. The smallest absolute Gasteiger partial charge is 0.000813 e. The molecule has 0 radical (unpaired) electrons. The van der Waals surface area contributed by atoms with E-state index in [-0.39, 0.29) is 0 Å². The van der Waals surface area contributed by atoms with Crippen LogP contribution in [-0.4, -0.2) is 6.54 Å². The molecule has 106 valence electrons. The molecule has 0 aliphatic rings. The van der Waals surface area contributed by atoms with Gasteiger partial charge in [0.25, 0.3) is 0 Å². The molecule has 0 bridgehead atoms. The van der Waals surface area contributed by atoms with E-state index >= 15 is 0 Å². The minimum atomic E-state index is 0.467. The Morgan fingerprint density at radius 3 is 2.20 bits per heavy atom. The average Bonchev–Trinajstić information content (AvgIpc) is 2.47. The first kappa shape index (κ1) is 14.8. The molecule has 20 heavy (non-hydrogen) atoms. The van der Waals surface area contributed by atoms with Crippen LogP contribution >= 0.6 is 0 Å². The van der Waals surface area contributed by atoms with Gasteiger partial charge in [0.15, 0.2) is 0 Å². The largest absolute Gasteiger partial charge is 0.330 e. The van der Waals surface area contributed by atoms with Crippen molar-refractivity contribution in [3.8, 4) is 0 Å². The second kappa shape index (κ2) is 7.25. The van der Waals surface area contributed by atoms with E-state index < -0.39 is 0 Å². The third-order valence-electron chi connectivity index (χ3n) is 3.95. The fourth-order valence-corrected chi connectivity index (χ4v) is 2.79. The van der Waals surface area contributed by atoms with Crippen molar-refractivity contribution in [1.82, 2.24) is 0 Å². The lowest BCUT2D eigenvalue weighted by molar-refractivity contribution is 0.467. The second-order valence-corrected chi connectivity index (χ2v) is 5.87. The van der Waals surface area contributed by atoms with E-state index in [0.29, 0.717) is 11.8 Å². The topological polar surface area (TPSA) is 26.0 Å². The Bertz CT molecular complexity index is 501. The first-order chi connectivity index (χ1) is 9.69. The summed E-state index contributed by atoms with van der Waals surface area (Å²) in [5.41, 5.74) is 10.1. The highest BCUT2D eigenvalue weighted by Gasteiger charge is 2.14. The highest BCUT2D eigenvalue weighted by molar-refractivity contribution is 5.25. The van der Waals surface area contributed by atoms with Crippen LogP contribution < -0.4 is 5.73 Å². The Hall–Kier alpha value is -1.60. The van der Waals surface area contributed by atoms with Crippen molar-refractivity contribution in [2.45, 2.75) is 32.6 Å². The van der Waals surface area contributed by atoms with E-state index in [0.717, 1.165) is 19.4 Å². The van der Waals surface area contributed by atoms with Gasteiger partial charge in [0, 0.05) is 0 Å². The van der Waals surface area contributed by atoms with Crippen molar-refractivity contribution in [2.75, 3.05) is 6.54 Å². The highest BCUT2D eigenvalue weighted by atomic mass is 14.5. The summed E-state index contributed by atoms with van der Waals surface area (Å²) in [5.74, 6) is 1.11. The van der Waals surface area contributed by atoms with Gasteiger partial charge in [-0.05, 0) is 49.3 Å². The van der Waals surface area contributed by atoms with E-state index in [4.69, 9.17) is 5.73 Å². The van der Waals surface area contributed by atoms with Crippen LogP contribution in [-0.2, 0) is 6.42 Å². The molecule has 2 rings (SSSR count). The van der Waals surface area contributed by atoms with Crippen LogP contribution in [0.4, 0.5) is 0 Å². The predicted molar refractivity (Wildman–Crippen MR) is 86.9 cm³/mol. The zero-order valence-corrected chi connectivity index (χ0v) is 12.5. The fraction of sp³-hybridized carbons (Fsp3) is 0.368. The molecule has 0 fully saturated rings. The molecule has 0 saturated carbocycles. The van der Waals surface area contributed by atoms with E-state index in [9.17, 15) is 0 Å². The first-order valence-corrected chi connectivity index (χ1v) is 7.49. The molecule has 0 heterocycles. The first-order valence-electron chi connectivity index (χ1n) is 7.49. The summed E-state index contributed by atoms with van der Waals surface area (Å²) in [6, 6.07) is 19.5. The van der Waals surface area contributed by atoms with Gasteiger partial charge in [0.05, 0.1) is 0 Å². The second-order valence-electron chi connectivity index (χ2n) is 5.87. The van der Waals surface area contributed by atoms with Gasteiger partial charge in [0.1, 0.15) is 0 Å². The number of nitrogens with two attached hydrogens (primary N) is 1. The van der Waals surface area contributed by atoms with Gasteiger partial charge in [-0.2, -0.15) is 0 Å². The van der Waals surface area contributed by atoms with E-state index in [1.54, 1.807) is 0 Å². The molecule has 2 unspecified atom stereocenters. The summed E-state index contributed by atoms with van der Waals surface area (Å²) in [6.07, 6.45) is 2.28. The fourth-order valence-electron chi connectivity index (χ4n) is 2.79. The Morgan fingerprint density at radius 1 is 0.950 bits per heavy atom. The molecular weight excluding hydrogens is 242 g/mol. The zero-order valence-electron chi connectivity index (χ0n) is 12.5. The summed E-state index contributed by atoms with van der Waals surface area (Å²) in [4.78, 5) is 0. The van der Waals surface area contributed by atoms with Crippen LogP contribution in [0.25, 0.3) is 0 Å². The summed E-state index contributed by atoms with van der Waals surface area (Å²) in [7, 11) is 0. The standard InChI is InChI=1S/C19H25N/c1-15-8-10-18(11-9-15)19(14-20)13-16(2)12-17-6-4-3-5-7-17/h3-11,16,19H,12-14,20H2,1-2H3. The van der Waals surface area contributed by atoms with Crippen LogP contribution in [0.2, 0.25) is 0 Å². The van der Waals surface area contributed by atoms with Crippen LogP contribution in [0.15, 0.2) is 54.6 Å². The predicted octanol–water partition coefficient (Wildman–Crippen LogP) is 4.31. The number of hydrogen-bond donors (Lipinski definition) is 1. The van der Waals surface area contributed by atoms with E-state index in [1.165, 1.54) is 16.7 Å². The lowest BCUT2D eigenvalue weighted by Crippen LogP contribution is -2.16.